The van der Waals surface area contributed by atoms with Gasteiger partial charge >= 0.3 is 48.0 Å². The molecule has 0 radical (unpaired) electrons. The standard InChI is InChI=1S/C28H33F2N3O6.C23H34F2N2O6.C18H26F2N2O4.C13H19F2NO4.C10H9NO3.C10H17NO3.ClH/c1-38-23-9-5-7-18-17(23)11-19(31-18)25(36)33-15-27(13-28(29,30)14-27)12-21(33)24(35)32-20(26(37)39-2)10-16-6-3-4-8-22(16)34;1-21(2,3)33-20(31)27-13-22(11-23(24,25)12-22)10-16(27)18(29)26-15(19(30)32-4)9-14-7-5-6-8-17(14)28;1-26-16(25)12(6-11-4-2-3-5-14(11)23)22-15(24)13-7-17(10-21-13)8-18(19,20)9-17;1-11(2,3)20-10(19)16-7-12(4-8(16)9(17)18)5-13(14,15)6-12;1-14-9-4-2-3-7-6(9)5-8(11-7)10(12)13;1-14-10(13)8(11)6-7-4-2-3-5-9(7)12;/h5,7,9,11,16,20-21,31H,3-4,6,8,10,12-15H2,1-2H3,(H,32,35);14-16H,5-13H2,1-4H3,(H,26,29);11-13,21H,2-10H2,1H3,(H,22,24);8H,4-7H2,1-3H3,(H,17,18);2-5,11H,1H3,(H,12,13);7-8H,2-6,11H2,1H3;1H/t16-,20-,21?;14-,15-,16?;11-,12-,13?;;;7-,8-;/m000..0./s1. The SMILES string of the molecule is CC(C)(C)OC(=O)N1CC2(CC1C(=O)O)CC(F)(F)C2.COC(=O)[C@@H](N)C[C@@H]1CCCCC1=O.COC(=O)[C@H](C[C@@H]1CCCCC1=O)NC(=O)C1CC2(CN1)CC(F)(F)C2.COC(=O)[C@H](C[C@@H]1CCCCC1=O)NC(=O)C1CC2(CN1C(=O)OC(C)(C)C)CC(F)(F)C2.COC(=O)[C@H](C[C@@H]1CCCCC1=O)NC(=O)C1CC2(CN1C(=O)c1cc3c(OC)cccc3[nH]1)CC(F)(F)C2.COc1cccc2[nH]c(C(=O)O)cc12.Cl. The summed E-state index contributed by atoms with van der Waals surface area (Å²) in [5, 5.41) is 30.4. The molecular weight excluding hydrogens is 1970 g/mol. The number of fused-ring (bicyclic) bond motifs is 2. The number of aromatic carboxylic acids is 1. The van der Waals surface area contributed by atoms with Crippen LogP contribution in [0.2, 0.25) is 0 Å². The molecule has 36 nitrogen and oxygen atoms in total. The molecule has 12 aliphatic rings. The molecule has 4 unspecified atom stereocenters. The van der Waals surface area contributed by atoms with Gasteiger partial charge in [-0.3, -0.25) is 53.0 Å². The van der Waals surface area contributed by atoms with Gasteiger partial charge in [0.25, 0.3) is 5.91 Å². The average molecular weight is 2110 g/mol. The van der Waals surface area contributed by atoms with Gasteiger partial charge in [0.1, 0.15) is 99.5 Å². The lowest BCUT2D eigenvalue weighted by atomic mass is 9.65. The molecule has 6 amide bonds. The van der Waals surface area contributed by atoms with Gasteiger partial charge in [-0.25, -0.2) is 68.7 Å². The molecule has 147 heavy (non-hydrogen) atoms. The normalized spacial score (nSPS) is 24.9. The number of methoxy groups -OCH3 is 6. The highest BCUT2D eigenvalue weighted by molar-refractivity contribution is 6.03. The molecule has 8 saturated carbocycles. The number of alkyl halides is 8. The minimum atomic E-state index is -2.84. The fraction of sp³-hybridized carbons (Fsp3) is 0.686. The second-order valence-electron chi connectivity index (χ2n) is 43.6. The fourth-order valence-corrected chi connectivity index (χ4v) is 22.9. The van der Waals surface area contributed by atoms with E-state index in [0.717, 1.165) is 73.6 Å². The average Bonchev–Trinajstić information content (AvgIpc) is 1.58. The van der Waals surface area contributed by atoms with Crippen LogP contribution in [0.15, 0.2) is 48.5 Å². The number of aromatic nitrogens is 2. The van der Waals surface area contributed by atoms with Crippen molar-refractivity contribution in [2.24, 2.45) is 51.1 Å². The number of nitrogens with one attached hydrogen (secondary N) is 6. The van der Waals surface area contributed by atoms with Crippen molar-refractivity contribution in [3.8, 4) is 11.5 Å². The number of carboxylic acid groups (broad SMARTS) is 2. The lowest BCUT2D eigenvalue weighted by Crippen LogP contribution is -2.52. The number of esters is 4. The lowest BCUT2D eigenvalue weighted by molar-refractivity contribution is -0.157. The lowest BCUT2D eigenvalue weighted by Gasteiger charge is -2.44. The maximum Gasteiger partial charge on any atom is 0.411 e. The fourth-order valence-electron chi connectivity index (χ4n) is 22.9. The van der Waals surface area contributed by atoms with E-state index in [2.05, 4.69) is 36.0 Å². The third-order valence-electron chi connectivity index (χ3n) is 29.6. The van der Waals surface area contributed by atoms with Crippen molar-refractivity contribution in [3.05, 3.63) is 59.9 Å². The summed E-state index contributed by atoms with van der Waals surface area (Å²) < 4.78 is 148. The number of aromatic amines is 2. The van der Waals surface area contributed by atoms with Crippen LogP contribution < -0.4 is 36.5 Å². The molecule has 12 atom stereocenters. The zero-order valence-electron chi connectivity index (χ0n) is 85.0. The van der Waals surface area contributed by atoms with Crippen LogP contribution in [0.5, 0.6) is 11.5 Å². The summed E-state index contributed by atoms with van der Waals surface area (Å²) in [5.41, 5.74) is 2.77. The van der Waals surface area contributed by atoms with E-state index in [9.17, 15) is 117 Å². The summed E-state index contributed by atoms with van der Waals surface area (Å²) in [7, 11) is 8.02. The van der Waals surface area contributed by atoms with Crippen molar-refractivity contribution in [1.82, 2.24) is 45.9 Å². The Bertz CT molecular complexity index is 5460. The zero-order chi connectivity index (χ0) is 108. The van der Waals surface area contributed by atoms with E-state index < -0.39 is 202 Å². The Kier molecular flexibility index (Phi) is 38.5. The van der Waals surface area contributed by atoms with E-state index in [1.807, 2.05) is 12.1 Å². The van der Waals surface area contributed by atoms with Gasteiger partial charge in [0.2, 0.25) is 41.4 Å². The number of carbonyl (C=O) groups excluding carboxylic acids is 14. The minimum Gasteiger partial charge on any atom is -0.496 e. The Morgan fingerprint density at radius 2 is 0.748 bits per heavy atom. The third-order valence-corrected chi connectivity index (χ3v) is 29.6. The van der Waals surface area contributed by atoms with Crippen molar-refractivity contribution in [1.29, 1.82) is 0 Å². The molecule has 4 aromatic rings. The van der Waals surface area contributed by atoms with Crippen LogP contribution in [0, 0.1) is 45.3 Å². The van der Waals surface area contributed by atoms with Crippen molar-refractivity contribution in [2.75, 3.05) is 68.8 Å². The second-order valence-corrected chi connectivity index (χ2v) is 43.6. The van der Waals surface area contributed by atoms with E-state index in [1.165, 1.54) is 45.3 Å². The molecule has 4 aliphatic heterocycles. The van der Waals surface area contributed by atoms with Gasteiger partial charge in [0.15, 0.2) is 0 Å². The highest BCUT2D eigenvalue weighted by Crippen LogP contribution is 2.62. The number of H-pyrrole nitrogens is 2. The number of halogens is 9. The number of amides is 6. The number of hydrogen-bond donors (Lipinski definition) is 9. The van der Waals surface area contributed by atoms with Crippen LogP contribution in [0.25, 0.3) is 21.8 Å². The predicted octanol–water partition coefficient (Wildman–Crippen LogP) is 13.8. The van der Waals surface area contributed by atoms with E-state index in [1.54, 1.807) is 85.1 Å². The number of rotatable bonds is 23. The number of nitrogens with zero attached hydrogens (tertiary/aromatic N) is 3. The number of benzene rings is 2. The Hall–Kier alpha value is -11.3. The van der Waals surface area contributed by atoms with Gasteiger partial charge in [-0.2, -0.15) is 0 Å². The van der Waals surface area contributed by atoms with Crippen molar-refractivity contribution in [2.45, 2.75) is 330 Å². The molecule has 16 rings (SSSR count). The monoisotopic (exact) mass is 2110 g/mol. The zero-order valence-corrected chi connectivity index (χ0v) is 85.9. The molecule has 2 aromatic carbocycles. The minimum absolute atomic E-state index is 0. The number of ketones is 4. The van der Waals surface area contributed by atoms with Gasteiger partial charge in [-0.05, 0) is 186 Å². The predicted molar refractivity (Wildman–Crippen MR) is 515 cm³/mol. The first-order valence-corrected chi connectivity index (χ1v) is 49.7. The highest BCUT2D eigenvalue weighted by Gasteiger charge is 2.67. The first-order valence-electron chi connectivity index (χ1n) is 49.7. The number of carbonyl (C=O) groups is 16. The summed E-state index contributed by atoms with van der Waals surface area (Å²) in [6, 6.07) is 6.45. The van der Waals surface area contributed by atoms with Crippen LogP contribution in [0.4, 0.5) is 44.7 Å². The highest BCUT2D eigenvalue weighted by atomic mass is 35.5. The van der Waals surface area contributed by atoms with E-state index in [0.29, 0.717) is 86.7 Å². The quantitative estimate of drug-likeness (QED) is 0.0189. The number of carboxylic acids is 2. The maximum absolute atomic E-state index is 14.0. The van der Waals surface area contributed by atoms with Crippen LogP contribution in [-0.2, 0) is 86.0 Å². The van der Waals surface area contributed by atoms with Gasteiger partial charge in [0.05, 0.1) is 48.7 Å². The van der Waals surface area contributed by atoms with Crippen LogP contribution in [-0.4, -0.2) is 282 Å². The number of ether oxygens (including phenoxy) is 8. The number of nitrogens with two attached hydrogens (primary N) is 1. The van der Waals surface area contributed by atoms with Gasteiger partial charge in [0, 0.05) is 165 Å². The summed E-state index contributed by atoms with van der Waals surface area (Å²) in [5.74, 6) is -17.0. The molecule has 8 aliphatic carbocycles. The molecule has 10 N–H and O–H groups in total. The summed E-state index contributed by atoms with van der Waals surface area (Å²) in [6.45, 7) is 10.4. The summed E-state index contributed by atoms with van der Waals surface area (Å²) >= 11 is 0. The molecule has 2 aromatic heterocycles. The molecule has 816 valence electrons. The Balaban J connectivity index is 0.000000187. The number of likely N-dealkylation sites (tertiary alicyclic amines) is 3. The first-order chi connectivity index (χ1) is 68.3. The summed E-state index contributed by atoms with van der Waals surface area (Å²) in [6.07, 6.45) is 9.15. The van der Waals surface area contributed by atoms with Gasteiger partial charge < -0.3 is 90.0 Å². The van der Waals surface area contributed by atoms with Crippen LogP contribution in [0.1, 0.15) is 268 Å². The van der Waals surface area contributed by atoms with Crippen LogP contribution in [0.3, 0.4) is 0 Å². The third kappa shape index (κ3) is 30.3. The smallest absolute Gasteiger partial charge is 0.411 e. The largest absolute Gasteiger partial charge is 0.496 e. The Morgan fingerprint density at radius 3 is 1.08 bits per heavy atom. The molecule has 45 heteroatoms. The first kappa shape index (κ1) is 118. The maximum atomic E-state index is 14.0. The molecule has 0 bridgehead atoms. The van der Waals surface area contributed by atoms with Gasteiger partial charge in [-0.1, -0.05) is 37.8 Å². The second kappa shape index (κ2) is 48.1. The molecule has 6 heterocycles. The molecule has 4 spiro atoms. The van der Waals surface area contributed by atoms with E-state index in [4.69, 9.17) is 44.0 Å². The number of Topliss-reactive ketones (excluding diaryl/α,β-unsaturated/α-hetero) is 4. The van der Waals surface area contributed by atoms with Gasteiger partial charge in [-0.15, -0.1) is 12.4 Å². The van der Waals surface area contributed by atoms with Crippen molar-refractivity contribution < 1.29 is 160 Å². The number of aliphatic carboxylic acids is 1. The molecule has 12 fully saturated rings. The Labute approximate surface area is 852 Å². The molecule has 4 saturated heterocycles. The topological polar surface area (TPSA) is 503 Å². The van der Waals surface area contributed by atoms with Crippen LogP contribution >= 0.6 is 12.4 Å². The Morgan fingerprint density at radius 1 is 0.429 bits per heavy atom. The van der Waals surface area contributed by atoms with E-state index in [-0.39, 0.29) is 154 Å². The van der Waals surface area contributed by atoms with Crippen molar-refractivity contribution in [3.63, 3.8) is 0 Å². The molecular formula is C102H139ClF8N10O26. The van der Waals surface area contributed by atoms with Crippen molar-refractivity contribution >= 4 is 129 Å². The van der Waals surface area contributed by atoms with E-state index >= 15 is 0 Å². The number of hydrogen-bond acceptors (Lipinski definition) is 26. The summed E-state index contributed by atoms with van der Waals surface area (Å²) in [4.78, 5) is 205.